The van der Waals surface area contributed by atoms with Crippen molar-refractivity contribution in [1.82, 2.24) is 0 Å². The SMILES string of the molecule is C[N-]C.C[N-]C.C[N-]C.[Hf+4].c1cc[cH-]c1. The first-order valence-corrected chi connectivity index (χ1v) is 4.35. The van der Waals surface area contributed by atoms with Gasteiger partial charge in [0.2, 0.25) is 0 Å². The number of nitrogens with zero attached hydrogens (tertiary/aromatic N) is 3. The van der Waals surface area contributed by atoms with E-state index in [2.05, 4.69) is 16.0 Å². The van der Waals surface area contributed by atoms with Gasteiger partial charge in [0.15, 0.2) is 0 Å². The van der Waals surface area contributed by atoms with Crippen molar-refractivity contribution in [3.8, 4) is 0 Å². The average molecular weight is 376 g/mol. The van der Waals surface area contributed by atoms with Crippen molar-refractivity contribution in [2.24, 2.45) is 0 Å². The van der Waals surface area contributed by atoms with Crippen molar-refractivity contribution < 1.29 is 25.8 Å². The van der Waals surface area contributed by atoms with Crippen LogP contribution in [0.1, 0.15) is 0 Å². The van der Waals surface area contributed by atoms with E-state index in [1.165, 1.54) is 0 Å². The molecular formula is C11H23HfN3. The van der Waals surface area contributed by atoms with Gasteiger partial charge in [-0.1, -0.05) is 0 Å². The van der Waals surface area contributed by atoms with Crippen LogP contribution in [0.2, 0.25) is 0 Å². The summed E-state index contributed by atoms with van der Waals surface area (Å²) >= 11 is 0. The molecule has 0 spiro atoms. The van der Waals surface area contributed by atoms with Crippen LogP contribution in [0.25, 0.3) is 16.0 Å². The maximum absolute atomic E-state index is 3.50. The van der Waals surface area contributed by atoms with Gasteiger partial charge in [-0.2, -0.15) is 60.5 Å². The Morgan fingerprint density at radius 2 is 0.867 bits per heavy atom. The first-order valence-electron chi connectivity index (χ1n) is 4.35. The Morgan fingerprint density at radius 1 is 0.667 bits per heavy atom. The summed E-state index contributed by atoms with van der Waals surface area (Å²) in [5, 5.41) is 10.5. The summed E-state index contributed by atoms with van der Waals surface area (Å²) in [6.45, 7) is 0. The van der Waals surface area contributed by atoms with E-state index in [4.69, 9.17) is 0 Å². The largest absolute Gasteiger partial charge is 4.00 e. The molecule has 0 N–H and O–H groups in total. The average Bonchev–Trinajstić information content (AvgIpc) is 2.63. The summed E-state index contributed by atoms with van der Waals surface area (Å²) in [7, 11) is 10.5. The third-order valence-corrected chi connectivity index (χ3v) is 0.556. The van der Waals surface area contributed by atoms with Gasteiger partial charge in [0, 0.05) is 0 Å². The Bertz CT molecular complexity index is 99.4. The van der Waals surface area contributed by atoms with Gasteiger partial charge in [-0.05, 0) is 0 Å². The maximum atomic E-state index is 3.50. The summed E-state index contributed by atoms with van der Waals surface area (Å²) in [6, 6.07) is 10.0. The Morgan fingerprint density at radius 3 is 0.933 bits per heavy atom. The van der Waals surface area contributed by atoms with Crippen LogP contribution in [0, 0.1) is 0 Å². The van der Waals surface area contributed by atoms with E-state index in [0.717, 1.165) is 0 Å². The molecule has 0 unspecified atom stereocenters. The zero-order valence-electron chi connectivity index (χ0n) is 10.7. The molecule has 0 aliphatic heterocycles. The van der Waals surface area contributed by atoms with E-state index in [0.29, 0.717) is 0 Å². The van der Waals surface area contributed by atoms with E-state index < -0.39 is 0 Å². The molecule has 1 aromatic rings. The minimum Gasteiger partial charge on any atom is -0.668 e. The molecule has 1 aromatic carbocycles. The molecule has 4 heteroatoms. The molecule has 0 aliphatic carbocycles. The summed E-state index contributed by atoms with van der Waals surface area (Å²) in [6.07, 6.45) is 0. The first-order chi connectivity index (χ1) is 6.74. The molecule has 3 nitrogen and oxygen atoms in total. The topological polar surface area (TPSA) is 42.3 Å². The van der Waals surface area contributed by atoms with Crippen LogP contribution < -0.4 is 0 Å². The molecule has 0 aromatic heterocycles. The molecule has 0 bridgehead atoms. The van der Waals surface area contributed by atoms with E-state index in [1.807, 2.05) is 30.3 Å². The molecule has 0 radical (unpaired) electrons. The summed E-state index contributed by atoms with van der Waals surface area (Å²) in [5.74, 6) is 0. The van der Waals surface area contributed by atoms with Gasteiger partial charge in [0.05, 0.1) is 0 Å². The fraction of sp³-hybridized carbons (Fsp3) is 0.545. The van der Waals surface area contributed by atoms with Gasteiger partial charge in [0.1, 0.15) is 0 Å². The zero-order valence-corrected chi connectivity index (χ0v) is 14.3. The molecule has 1 rings (SSSR count). The van der Waals surface area contributed by atoms with Gasteiger partial charge in [-0.15, -0.1) is 0 Å². The molecule has 0 atom stereocenters. The van der Waals surface area contributed by atoms with Crippen molar-refractivity contribution in [2.75, 3.05) is 42.3 Å². The fourth-order valence-electron chi connectivity index (χ4n) is 0.321. The van der Waals surface area contributed by atoms with Crippen molar-refractivity contribution in [2.45, 2.75) is 0 Å². The van der Waals surface area contributed by atoms with Gasteiger partial charge in [0.25, 0.3) is 0 Å². The Hall–Kier alpha value is 0.100. The summed E-state index contributed by atoms with van der Waals surface area (Å²) in [5.41, 5.74) is 0. The van der Waals surface area contributed by atoms with Gasteiger partial charge in [-0.3, -0.25) is 0 Å². The van der Waals surface area contributed by atoms with Gasteiger partial charge in [-0.25, -0.2) is 12.1 Å². The molecule has 86 valence electrons. The smallest absolute Gasteiger partial charge is 0.668 e. The van der Waals surface area contributed by atoms with Crippen LogP contribution in [-0.4, -0.2) is 42.3 Å². The molecule has 0 heterocycles. The predicted molar refractivity (Wildman–Crippen MR) is 67.7 cm³/mol. The summed E-state index contributed by atoms with van der Waals surface area (Å²) in [4.78, 5) is 0. The Kier molecular flexibility index (Phi) is 59.9. The van der Waals surface area contributed by atoms with Crippen LogP contribution in [0.15, 0.2) is 30.3 Å². The zero-order chi connectivity index (χ0) is 11.7. The molecule has 0 saturated carbocycles. The normalized spacial score (nSPS) is 6.27. The Labute approximate surface area is 114 Å². The second kappa shape index (κ2) is 36.9. The minimum atomic E-state index is 0. The third-order valence-electron chi connectivity index (χ3n) is 0.556. The Balaban J connectivity index is -0.0000000550. The molecule has 0 fully saturated rings. The monoisotopic (exact) mass is 377 g/mol. The van der Waals surface area contributed by atoms with Crippen molar-refractivity contribution in [1.29, 1.82) is 0 Å². The van der Waals surface area contributed by atoms with Crippen LogP contribution in [0.3, 0.4) is 0 Å². The molecule has 0 amide bonds. The van der Waals surface area contributed by atoms with Crippen molar-refractivity contribution >= 4 is 0 Å². The quantitative estimate of drug-likeness (QED) is 0.493. The molecule has 0 saturated heterocycles. The number of hydrogen-bond acceptors (Lipinski definition) is 0. The molecular weight excluding hydrogens is 353 g/mol. The van der Waals surface area contributed by atoms with Crippen LogP contribution in [0.4, 0.5) is 0 Å². The third kappa shape index (κ3) is 79.4. The van der Waals surface area contributed by atoms with E-state index in [-0.39, 0.29) is 25.8 Å². The number of rotatable bonds is 0. The first kappa shape index (κ1) is 24.4. The van der Waals surface area contributed by atoms with Gasteiger partial charge >= 0.3 is 25.8 Å². The summed E-state index contributed by atoms with van der Waals surface area (Å²) < 4.78 is 0. The molecule has 15 heavy (non-hydrogen) atoms. The second-order valence-electron chi connectivity index (χ2n) is 2.30. The van der Waals surface area contributed by atoms with Crippen molar-refractivity contribution in [3.63, 3.8) is 0 Å². The minimum absolute atomic E-state index is 0. The van der Waals surface area contributed by atoms with E-state index in [9.17, 15) is 0 Å². The van der Waals surface area contributed by atoms with Crippen LogP contribution in [-0.2, 0) is 25.8 Å². The van der Waals surface area contributed by atoms with Crippen molar-refractivity contribution in [3.05, 3.63) is 46.3 Å². The number of hydrogen-bond donors (Lipinski definition) is 0. The maximum Gasteiger partial charge on any atom is 4.00 e. The van der Waals surface area contributed by atoms with E-state index >= 15 is 0 Å². The van der Waals surface area contributed by atoms with E-state index in [1.54, 1.807) is 42.3 Å². The fourth-order valence-corrected chi connectivity index (χ4v) is 0.321. The van der Waals surface area contributed by atoms with Gasteiger partial charge < -0.3 is 16.0 Å². The predicted octanol–water partition coefficient (Wildman–Crippen LogP) is 3.26. The van der Waals surface area contributed by atoms with Crippen LogP contribution >= 0.6 is 0 Å². The standard InChI is InChI=1S/C5H5.3C2H6N.Hf/c1-2-4-5-3-1;3*1-3-2;/h1-5H;3*1-2H3;/q4*-1;+4. The molecule has 0 aliphatic rings. The van der Waals surface area contributed by atoms with Crippen LogP contribution in [0.5, 0.6) is 0 Å². The second-order valence-corrected chi connectivity index (χ2v) is 2.30.